The predicted molar refractivity (Wildman–Crippen MR) is 65.4 cm³/mol. The molecule has 0 radical (unpaired) electrons. The van der Waals surface area contributed by atoms with E-state index in [0.717, 1.165) is 11.3 Å². The van der Waals surface area contributed by atoms with Crippen molar-refractivity contribution in [3.63, 3.8) is 0 Å². The van der Waals surface area contributed by atoms with Crippen LogP contribution in [-0.2, 0) is 0 Å². The third kappa shape index (κ3) is 2.68. The summed E-state index contributed by atoms with van der Waals surface area (Å²) in [7, 11) is 1.62. The second kappa shape index (κ2) is 5.35. The van der Waals surface area contributed by atoms with Crippen LogP contribution < -0.4 is 10.1 Å². The molecular formula is C13H14N2O3. The lowest BCUT2D eigenvalue weighted by Crippen LogP contribution is -2.26. The van der Waals surface area contributed by atoms with Gasteiger partial charge in [-0.15, -0.1) is 0 Å². The zero-order valence-electron chi connectivity index (χ0n) is 10.2. The maximum absolute atomic E-state index is 11.8. The summed E-state index contributed by atoms with van der Waals surface area (Å²) < 4.78 is 9.84. The van der Waals surface area contributed by atoms with Crippen molar-refractivity contribution in [3.05, 3.63) is 48.2 Å². The van der Waals surface area contributed by atoms with E-state index in [-0.39, 0.29) is 17.6 Å². The Morgan fingerprint density at radius 1 is 1.39 bits per heavy atom. The maximum Gasteiger partial charge on any atom is 0.273 e. The quantitative estimate of drug-likeness (QED) is 0.898. The molecule has 0 saturated heterocycles. The topological polar surface area (TPSA) is 64.4 Å². The van der Waals surface area contributed by atoms with Crippen LogP contribution in [-0.4, -0.2) is 18.0 Å². The lowest BCUT2D eigenvalue weighted by molar-refractivity contribution is 0.0935. The molecular weight excluding hydrogens is 232 g/mol. The molecule has 1 amide bonds. The summed E-state index contributed by atoms with van der Waals surface area (Å²) in [6, 6.07) is 7.42. The van der Waals surface area contributed by atoms with Crippen molar-refractivity contribution < 1.29 is 13.9 Å². The number of carbonyl (C=O) groups is 1. The SMILES string of the molecule is COc1ccc([C@@H](C)NC(=O)c2cocn2)cc1. The van der Waals surface area contributed by atoms with Gasteiger partial charge in [-0.25, -0.2) is 4.98 Å². The molecule has 1 N–H and O–H groups in total. The number of nitrogens with zero attached hydrogens (tertiary/aromatic N) is 1. The fourth-order valence-corrected chi connectivity index (χ4v) is 1.57. The average molecular weight is 246 g/mol. The second-order valence-corrected chi connectivity index (χ2v) is 3.84. The van der Waals surface area contributed by atoms with Crippen LogP contribution in [0, 0.1) is 0 Å². The molecule has 1 heterocycles. The maximum atomic E-state index is 11.8. The molecule has 0 aliphatic rings. The second-order valence-electron chi connectivity index (χ2n) is 3.84. The van der Waals surface area contributed by atoms with Gasteiger partial charge in [-0.05, 0) is 24.6 Å². The van der Waals surface area contributed by atoms with Gasteiger partial charge >= 0.3 is 0 Å². The molecule has 2 aromatic rings. The third-order valence-corrected chi connectivity index (χ3v) is 2.63. The van der Waals surface area contributed by atoms with Crippen LogP contribution in [0.2, 0.25) is 0 Å². The number of amides is 1. The van der Waals surface area contributed by atoms with Gasteiger partial charge in [0.25, 0.3) is 5.91 Å². The Kier molecular flexibility index (Phi) is 3.62. The van der Waals surface area contributed by atoms with Crippen molar-refractivity contribution in [2.24, 2.45) is 0 Å². The molecule has 94 valence electrons. The fourth-order valence-electron chi connectivity index (χ4n) is 1.57. The van der Waals surface area contributed by atoms with E-state index in [9.17, 15) is 4.79 Å². The minimum Gasteiger partial charge on any atom is -0.497 e. The molecule has 1 atom stereocenters. The van der Waals surface area contributed by atoms with E-state index in [4.69, 9.17) is 9.15 Å². The van der Waals surface area contributed by atoms with Gasteiger partial charge in [-0.3, -0.25) is 4.79 Å². The van der Waals surface area contributed by atoms with Crippen molar-refractivity contribution in [2.45, 2.75) is 13.0 Å². The number of benzene rings is 1. The van der Waals surface area contributed by atoms with Crippen LogP contribution in [0.5, 0.6) is 5.75 Å². The first-order valence-corrected chi connectivity index (χ1v) is 5.53. The number of nitrogens with one attached hydrogen (secondary N) is 1. The van der Waals surface area contributed by atoms with Crippen LogP contribution in [0.3, 0.4) is 0 Å². The number of aromatic nitrogens is 1. The highest BCUT2D eigenvalue weighted by Crippen LogP contribution is 2.17. The minimum atomic E-state index is -0.257. The molecule has 0 aliphatic heterocycles. The van der Waals surface area contributed by atoms with E-state index in [2.05, 4.69) is 10.3 Å². The van der Waals surface area contributed by atoms with E-state index < -0.39 is 0 Å². The number of carbonyl (C=O) groups excluding carboxylic acids is 1. The Balaban J connectivity index is 2.02. The van der Waals surface area contributed by atoms with Crippen molar-refractivity contribution in [3.8, 4) is 5.75 Å². The molecule has 0 spiro atoms. The molecule has 0 fully saturated rings. The van der Waals surface area contributed by atoms with Gasteiger partial charge in [0.05, 0.1) is 13.2 Å². The largest absolute Gasteiger partial charge is 0.497 e. The van der Waals surface area contributed by atoms with E-state index >= 15 is 0 Å². The molecule has 1 aromatic carbocycles. The van der Waals surface area contributed by atoms with Crippen LogP contribution in [0.25, 0.3) is 0 Å². The van der Waals surface area contributed by atoms with Crippen LogP contribution in [0.1, 0.15) is 29.0 Å². The Hall–Kier alpha value is -2.30. The highest BCUT2D eigenvalue weighted by atomic mass is 16.5. The first kappa shape index (κ1) is 12.2. The van der Waals surface area contributed by atoms with Crippen LogP contribution >= 0.6 is 0 Å². The van der Waals surface area contributed by atoms with Crippen LogP contribution in [0.4, 0.5) is 0 Å². The summed E-state index contributed by atoms with van der Waals surface area (Å²) in [6.45, 7) is 1.90. The first-order chi connectivity index (χ1) is 8.70. The van der Waals surface area contributed by atoms with Crippen LogP contribution in [0.15, 0.2) is 41.3 Å². The lowest BCUT2D eigenvalue weighted by Gasteiger charge is -2.13. The molecule has 18 heavy (non-hydrogen) atoms. The highest BCUT2D eigenvalue weighted by Gasteiger charge is 2.13. The average Bonchev–Trinajstić information content (AvgIpc) is 2.92. The summed E-state index contributed by atoms with van der Waals surface area (Å²) in [4.78, 5) is 15.5. The summed E-state index contributed by atoms with van der Waals surface area (Å²) >= 11 is 0. The van der Waals surface area contributed by atoms with Gasteiger partial charge in [0, 0.05) is 0 Å². The van der Waals surface area contributed by atoms with Crippen molar-refractivity contribution in [2.75, 3.05) is 7.11 Å². The molecule has 1 aromatic heterocycles. The van der Waals surface area contributed by atoms with Crippen molar-refractivity contribution in [1.82, 2.24) is 10.3 Å². The number of methoxy groups -OCH3 is 1. The van der Waals surface area contributed by atoms with Gasteiger partial charge in [0.2, 0.25) is 0 Å². The van der Waals surface area contributed by atoms with Gasteiger partial charge in [0.1, 0.15) is 12.0 Å². The summed E-state index contributed by atoms with van der Waals surface area (Å²) in [5, 5.41) is 2.83. The Morgan fingerprint density at radius 2 is 2.11 bits per heavy atom. The van der Waals surface area contributed by atoms with Gasteiger partial charge < -0.3 is 14.5 Å². The Labute approximate surface area is 105 Å². The number of rotatable bonds is 4. The van der Waals surface area contributed by atoms with Gasteiger partial charge in [-0.1, -0.05) is 12.1 Å². The Bertz CT molecular complexity index is 506. The van der Waals surface area contributed by atoms with E-state index in [1.54, 1.807) is 7.11 Å². The number of oxazole rings is 1. The zero-order valence-corrected chi connectivity index (χ0v) is 10.2. The lowest BCUT2D eigenvalue weighted by atomic mass is 10.1. The molecule has 0 unspecified atom stereocenters. The third-order valence-electron chi connectivity index (χ3n) is 2.63. The van der Waals surface area contributed by atoms with E-state index in [1.807, 2.05) is 31.2 Å². The predicted octanol–water partition coefficient (Wildman–Crippen LogP) is 2.17. The number of hydrogen-bond acceptors (Lipinski definition) is 4. The smallest absolute Gasteiger partial charge is 0.273 e. The molecule has 0 aliphatic carbocycles. The molecule has 0 saturated carbocycles. The van der Waals surface area contributed by atoms with Crippen molar-refractivity contribution >= 4 is 5.91 Å². The zero-order chi connectivity index (χ0) is 13.0. The summed E-state index contributed by atoms with van der Waals surface area (Å²) in [5.41, 5.74) is 1.27. The van der Waals surface area contributed by atoms with Gasteiger partial charge in [0.15, 0.2) is 12.1 Å². The monoisotopic (exact) mass is 246 g/mol. The van der Waals surface area contributed by atoms with Gasteiger partial charge in [-0.2, -0.15) is 0 Å². The summed E-state index contributed by atoms with van der Waals surface area (Å²) in [6.07, 6.45) is 2.54. The molecule has 2 rings (SSSR count). The minimum absolute atomic E-state index is 0.111. The molecule has 5 heteroatoms. The normalized spacial score (nSPS) is 11.9. The van der Waals surface area contributed by atoms with E-state index in [0.29, 0.717) is 0 Å². The van der Waals surface area contributed by atoms with Crippen molar-refractivity contribution in [1.29, 1.82) is 0 Å². The highest BCUT2D eigenvalue weighted by molar-refractivity contribution is 5.92. The fraction of sp³-hybridized carbons (Fsp3) is 0.231. The summed E-state index contributed by atoms with van der Waals surface area (Å²) in [5.74, 6) is 0.529. The Morgan fingerprint density at radius 3 is 2.67 bits per heavy atom. The van der Waals surface area contributed by atoms with E-state index in [1.165, 1.54) is 12.7 Å². The molecule has 5 nitrogen and oxygen atoms in total. The number of hydrogen-bond donors (Lipinski definition) is 1. The first-order valence-electron chi connectivity index (χ1n) is 5.53. The number of ether oxygens (including phenoxy) is 1. The standard InChI is InChI=1S/C13H14N2O3/c1-9(10-3-5-11(17-2)6-4-10)15-13(16)12-7-18-8-14-12/h3-9H,1-2H3,(H,15,16)/t9-/m1/s1. The molecule has 0 bridgehead atoms.